The van der Waals surface area contributed by atoms with Gasteiger partial charge >= 0.3 is 0 Å². The average Bonchev–Trinajstić information content (AvgIpc) is 3.12. The van der Waals surface area contributed by atoms with Crippen molar-refractivity contribution in [2.75, 3.05) is 0 Å². The average molecular weight is 433 g/mol. The quantitative estimate of drug-likeness (QED) is 0.482. The summed E-state index contributed by atoms with van der Waals surface area (Å²) in [5.74, 6) is 0.0190. The zero-order chi connectivity index (χ0) is 22.7. The number of amides is 1. The van der Waals surface area contributed by atoms with Crippen LogP contribution >= 0.6 is 0 Å². The molecule has 0 fully saturated rings. The van der Waals surface area contributed by atoms with Crippen molar-refractivity contribution in [1.29, 1.82) is 0 Å². The Morgan fingerprint density at radius 1 is 1.16 bits per heavy atom. The summed E-state index contributed by atoms with van der Waals surface area (Å²) in [6.07, 6.45) is 3.42. The fourth-order valence-corrected chi connectivity index (χ4v) is 3.45. The van der Waals surface area contributed by atoms with Crippen molar-refractivity contribution in [3.8, 4) is 11.4 Å². The molecule has 1 atom stereocenters. The van der Waals surface area contributed by atoms with Gasteiger partial charge in [-0.2, -0.15) is 0 Å². The van der Waals surface area contributed by atoms with Crippen LogP contribution in [0.5, 0.6) is 0 Å². The largest absolute Gasteiger partial charge is 0.361 e. The minimum Gasteiger partial charge on any atom is -0.361 e. The molecule has 1 amide bonds. The summed E-state index contributed by atoms with van der Waals surface area (Å²) in [6, 6.07) is 10.1. The molecule has 0 spiro atoms. The van der Waals surface area contributed by atoms with E-state index in [2.05, 4.69) is 25.4 Å². The predicted octanol–water partition coefficient (Wildman–Crippen LogP) is 3.29. The first kappa shape index (κ1) is 21.1. The zero-order valence-electron chi connectivity index (χ0n) is 17.4. The number of aryl methyl sites for hydroxylation is 2. The lowest BCUT2D eigenvalue weighted by molar-refractivity contribution is 0.0934. The van der Waals surface area contributed by atoms with Crippen LogP contribution in [0.25, 0.3) is 11.4 Å². The van der Waals surface area contributed by atoms with Crippen LogP contribution in [0.1, 0.15) is 39.1 Å². The number of hydrogen-bond acceptors (Lipinski definition) is 6. The Bertz CT molecular complexity index is 1280. The molecule has 0 saturated carbocycles. The number of pyridine rings is 1. The fraction of sp³-hybridized carbons (Fsp3) is 0.174. The molecule has 8 nitrogen and oxygen atoms in total. The van der Waals surface area contributed by atoms with Gasteiger partial charge in [0.2, 0.25) is 0 Å². The number of hydrogen-bond donors (Lipinski definition) is 2. The van der Waals surface area contributed by atoms with Crippen LogP contribution in [0.15, 0.2) is 64.2 Å². The molecule has 9 heteroatoms. The van der Waals surface area contributed by atoms with E-state index in [4.69, 9.17) is 4.52 Å². The molecule has 162 valence electrons. The number of carbonyl (C=O) groups excluding carboxylic acids is 1. The number of nitrogens with one attached hydrogen (secondary N) is 2. The van der Waals surface area contributed by atoms with Crippen molar-refractivity contribution in [3.05, 3.63) is 99.3 Å². The van der Waals surface area contributed by atoms with Crippen molar-refractivity contribution in [1.82, 2.24) is 25.4 Å². The maximum Gasteiger partial charge on any atom is 0.257 e. The van der Waals surface area contributed by atoms with Crippen LogP contribution in [0.3, 0.4) is 0 Å². The van der Waals surface area contributed by atoms with E-state index in [1.165, 1.54) is 18.2 Å². The molecule has 0 aliphatic carbocycles. The molecule has 0 aliphatic heterocycles. The number of nitrogens with zero attached hydrogens (tertiary/aromatic N) is 3. The lowest BCUT2D eigenvalue weighted by Crippen LogP contribution is -2.31. The third kappa shape index (κ3) is 4.61. The third-order valence-corrected chi connectivity index (χ3v) is 5.00. The molecular formula is C23H20FN5O3. The van der Waals surface area contributed by atoms with E-state index in [9.17, 15) is 14.0 Å². The Balaban J connectivity index is 1.68. The summed E-state index contributed by atoms with van der Waals surface area (Å²) < 4.78 is 18.6. The monoisotopic (exact) mass is 433 g/mol. The van der Waals surface area contributed by atoms with Gasteiger partial charge in [-0.3, -0.25) is 14.6 Å². The maximum absolute atomic E-state index is 13.5. The Hall–Kier alpha value is -4.14. The highest BCUT2D eigenvalue weighted by atomic mass is 19.1. The minimum atomic E-state index is -0.573. The van der Waals surface area contributed by atoms with E-state index >= 15 is 0 Å². The number of aromatic nitrogens is 4. The van der Waals surface area contributed by atoms with Crippen molar-refractivity contribution >= 4 is 5.91 Å². The highest BCUT2D eigenvalue weighted by Gasteiger charge is 2.23. The highest BCUT2D eigenvalue weighted by molar-refractivity contribution is 5.96. The normalized spacial score (nSPS) is 11.8. The summed E-state index contributed by atoms with van der Waals surface area (Å²) in [6.45, 7) is 3.33. The number of rotatable bonds is 6. The highest BCUT2D eigenvalue weighted by Crippen LogP contribution is 2.21. The summed E-state index contributed by atoms with van der Waals surface area (Å²) in [5, 5.41) is 6.76. The van der Waals surface area contributed by atoms with E-state index in [0.717, 1.165) is 0 Å². The standard InChI is InChI=1S/C23H20FN5O3/c1-13-21(14(2)32-29-13)23(31)27-19(15-3-5-17(24)6-4-15)11-18-12-20(30)28-22(26-18)16-7-9-25-10-8-16/h3-10,12,19H,11H2,1-2H3,(H,27,31)(H,26,28,30)/t19-/m1/s1. The van der Waals surface area contributed by atoms with E-state index in [-0.39, 0.29) is 23.7 Å². The van der Waals surface area contributed by atoms with Crippen LogP contribution in [-0.2, 0) is 6.42 Å². The number of benzene rings is 1. The molecule has 0 bridgehead atoms. The van der Waals surface area contributed by atoms with Gasteiger partial charge in [-0.05, 0) is 43.7 Å². The number of aromatic amines is 1. The Kier molecular flexibility index (Phi) is 5.89. The number of H-pyrrole nitrogens is 1. The predicted molar refractivity (Wildman–Crippen MR) is 114 cm³/mol. The Labute approximate surface area is 182 Å². The SMILES string of the molecule is Cc1noc(C)c1C(=O)N[C@H](Cc1cc(=O)[nH]c(-c2ccncc2)n1)c1ccc(F)cc1. The molecular weight excluding hydrogens is 413 g/mol. The minimum absolute atomic E-state index is 0.211. The molecule has 3 heterocycles. The van der Waals surface area contributed by atoms with E-state index in [1.54, 1.807) is 50.5 Å². The molecule has 2 N–H and O–H groups in total. The van der Waals surface area contributed by atoms with Crippen LogP contribution in [-0.4, -0.2) is 26.0 Å². The van der Waals surface area contributed by atoms with Gasteiger partial charge in [-0.25, -0.2) is 9.37 Å². The summed E-state index contributed by atoms with van der Waals surface area (Å²) in [4.78, 5) is 36.5. The molecule has 0 saturated heterocycles. The van der Waals surface area contributed by atoms with Gasteiger partial charge in [0.25, 0.3) is 11.5 Å². The van der Waals surface area contributed by atoms with Gasteiger partial charge < -0.3 is 14.8 Å². The molecule has 3 aromatic heterocycles. The summed E-state index contributed by atoms with van der Waals surface area (Å²) >= 11 is 0. The second-order valence-electron chi connectivity index (χ2n) is 7.30. The first-order valence-corrected chi connectivity index (χ1v) is 9.90. The number of carbonyl (C=O) groups is 1. The summed E-state index contributed by atoms with van der Waals surface area (Å²) in [5.41, 5.74) is 2.32. The van der Waals surface area contributed by atoms with E-state index < -0.39 is 6.04 Å². The lowest BCUT2D eigenvalue weighted by atomic mass is 10.0. The summed E-state index contributed by atoms with van der Waals surface area (Å²) in [7, 11) is 0. The molecule has 32 heavy (non-hydrogen) atoms. The van der Waals surface area contributed by atoms with Gasteiger partial charge in [-0.1, -0.05) is 17.3 Å². The first-order valence-electron chi connectivity index (χ1n) is 9.90. The smallest absolute Gasteiger partial charge is 0.257 e. The van der Waals surface area contributed by atoms with Gasteiger partial charge in [0.1, 0.15) is 23.0 Å². The van der Waals surface area contributed by atoms with Crippen molar-refractivity contribution in [3.63, 3.8) is 0 Å². The van der Waals surface area contributed by atoms with Gasteiger partial charge in [0.15, 0.2) is 0 Å². The van der Waals surface area contributed by atoms with Gasteiger partial charge in [0.05, 0.1) is 17.4 Å². The maximum atomic E-state index is 13.5. The fourth-order valence-electron chi connectivity index (χ4n) is 3.45. The molecule has 0 aliphatic rings. The van der Waals surface area contributed by atoms with E-state index in [1.807, 2.05) is 0 Å². The molecule has 4 rings (SSSR count). The Morgan fingerprint density at radius 3 is 2.53 bits per heavy atom. The van der Waals surface area contributed by atoms with E-state index in [0.29, 0.717) is 39.7 Å². The molecule has 0 unspecified atom stereocenters. The van der Waals surface area contributed by atoms with Crippen molar-refractivity contribution in [2.45, 2.75) is 26.3 Å². The van der Waals surface area contributed by atoms with Crippen molar-refractivity contribution in [2.24, 2.45) is 0 Å². The van der Waals surface area contributed by atoms with Gasteiger partial charge in [0, 0.05) is 30.4 Å². The second kappa shape index (κ2) is 8.93. The Morgan fingerprint density at radius 2 is 1.88 bits per heavy atom. The first-order chi connectivity index (χ1) is 15.4. The lowest BCUT2D eigenvalue weighted by Gasteiger charge is -2.19. The molecule has 4 aromatic rings. The van der Waals surface area contributed by atoms with Crippen LogP contribution < -0.4 is 10.9 Å². The van der Waals surface area contributed by atoms with Crippen molar-refractivity contribution < 1.29 is 13.7 Å². The second-order valence-corrected chi connectivity index (χ2v) is 7.30. The number of halogens is 1. The van der Waals surface area contributed by atoms with Gasteiger partial charge in [-0.15, -0.1) is 0 Å². The topological polar surface area (TPSA) is 114 Å². The van der Waals surface area contributed by atoms with Crippen LogP contribution in [0.4, 0.5) is 4.39 Å². The zero-order valence-corrected chi connectivity index (χ0v) is 17.4. The molecule has 0 radical (unpaired) electrons. The molecule has 1 aromatic carbocycles. The third-order valence-electron chi connectivity index (χ3n) is 5.00. The van der Waals surface area contributed by atoms with Crippen LogP contribution in [0, 0.1) is 19.7 Å². The van der Waals surface area contributed by atoms with Crippen LogP contribution in [0.2, 0.25) is 0 Å².